The molecule has 2 heterocycles. The Balaban J connectivity index is 1.62. The largest absolute Gasteiger partial charge is 0.473 e. The van der Waals surface area contributed by atoms with Gasteiger partial charge in [-0.05, 0) is 32.8 Å². The van der Waals surface area contributed by atoms with E-state index in [0.29, 0.717) is 24.0 Å². The maximum absolute atomic E-state index is 12.0. The summed E-state index contributed by atoms with van der Waals surface area (Å²) in [5.41, 5.74) is 2.44. The predicted molar refractivity (Wildman–Crippen MR) is 99.6 cm³/mol. The molecule has 1 aliphatic rings. The minimum atomic E-state index is -0.303. The van der Waals surface area contributed by atoms with Crippen LogP contribution in [0.5, 0.6) is 5.88 Å². The van der Waals surface area contributed by atoms with Gasteiger partial charge in [-0.25, -0.2) is 4.98 Å². The summed E-state index contributed by atoms with van der Waals surface area (Å²) < 4.78 is 11.2. The highest BCUT2D eigenvalue weighted by Crippen LogP contribution is 2.35. The SMILES string of the molecule is Cc1onc(C2CCCCC2)c1COc1ccc(C(=O)NC(C)CO)cn1. The van der Waals surface area contributed by atoms with Crippen molar-refractivity contribution in [1.29, 1.82) is 0 Å². The molecule has 2 aromatic rings. The Morgan fingerprint density at radius 2 is 2.15 bits per heavy atom. The average Bonchev–Trinajstić information content (AvgIpc) is 3.07. The zero-order valence-electron chi connectivity index (χ0n) is 15.9. The van der Waals surface area contributed by atoms with Crippen LogP contribution < -0.4 is 10.1 Å². The van der Waals surface area contributed by atoms with Crippen LogP contribution in [-0.4, -0.2) is 33.8 Å². The third kappa shape index (κ3) is 4.86. The standard InChI is InChI=1S/C20H27N3O4/c1-13(11-24)22-20(25)16-8-9-18(21-10-16)26-12-17-14(2)27-23-19(17)15-6-4-3-5-7-15/h8-10,13,15,24H,3-7,11-12H2,1-2H3,(H,22,25). The number of hydrogen-bond acceptors (Lipinski definition) is 6. The molecule has 0 aliphatic heterocycles. The van der Waals surface area contributed by atoms with Gasteiger partial charge in [-0.15, -0.1) is 0 Å². The maximum atomic E-state index is 12.0. The molecule has 7 heteroatoms. The molecule has 1 atom stereocenters. The van der Waals surface area contributed by atoms with E-state index in [9.17, 15) is 4.79 Å². The molecule has 7 nitrogen and oxygen atoms in total. The van der Waals surface area contributed by atoms with Crippen LogP contribution in [0.3, 0.4) is 0 Å². The van der Waals surface area contributed by atoms with Crippen LogP contribution in [0, 0.1) is 6.92 Å². The van der Waals surface area contributed by atoms with Gasteiger partial charge in [-0.2, -0.15) is 0 Å². The lowest BCUT2D eigenvalue weighted by Gasteiger charge is -2.20. The summed E-state index contributed by atoms with van der Waals surface area (Å²) in [5.74, 6) is 1.40. The molecule has 1 saturated carbocycles. The smallest absolute Gasteiger partial charge is 0.253 e. The van der Waals surface area contributed by atoms with Gasteiger partial charge >= 0.3 is 0 Å². The third-order valence-electron chi connectivity index (χ3n) is 5.02. The van der Waals surface area contributed by atoms with Crippen LogP contribution >= 0.6 is 0 Å². The monoisotopic (exact) mass is 373 g/mol. The average molecular weight is 373 g/mol. The molecule has 1 unspecified atom stereocenters. The van der Waals surface area contributed by atoms with Crippen molar-refractivity contribution in [2.45, 2.75) is 64.5 Å². The minimum absolute atomic E-state index is 0.109. The van der Waals surface area contributed by atoms with Gasteiger partial charge < -0.3 is 19.7 Å². The predicted octanol–water partition coefficient (Wildman–Crippen LogP) is 3.12. The second-order valence-corrected chi connectivity index (χ2v) is 7.17. The van der Waals surface area contributed by atoms with E-state index in [2.05, 4.69) is 15.5 Å². The fourth-order valence-electron chi connectivity index (χ4n) is 3.38. The van der Waals surface area contributed by atoms with E-state index in [1.807, 2.05) is 6.92 Å². The number of nitrogens with one attached hydrogen (secondary N) is 1. The molecular weight excluding hydrogens is 346 g/mol. The first-order valence-electron chi connectivity index (χ1n) is 9.54. The Bertz CT molecular complexity index is 751. The first-order valence-corrected chi connectivity index (χ1v) is 9.54. The number of carbonyl (C=O) groups is 1. The number of nitrogens with zero attached hydrogens (tertiary/aromatic N) is 2. The molecular formula is C20H27N3O4. The molecule has 0 saturated heterocycles. The van der Waals surface area contributed by atoms with Crippen LogP contribution in [0.25, 0.3) is 0 Å². The summed E-state index contributed by atoms with van der Waals surface area (Å²) in [6, 6.07) is 3.02. The van der Waals surface area contributed by atoms with E-state index in [-0.39, 0.29) is 18.6 Å². The number of hydrogen-bond donors (Lipinski definition) is 2. The van der Waals surface area contributed by atoms with Gasteiger partial charge in [0, 0.05) is 24.2 Å². The molecule has 2 aromatic heterocycles. The highest BCUT2D eigenvalue weighted by atomic mass is 16.5. The van der Waals surface area contributed by atoms with Gasteiger partial charge in [0.1, 0.15) is 12.4 Å². The van der Waals surface area contributed by atoms with E-state index >= 15 is 0 Å². The number of aryl methyl sites for hydroxylation is 1. The fraction of sp³-hybridized carbons (Fsp3) is 0.550. The first-order chi connectivity index (χ1) is 13.1. The Labute approximate surface area is 159 Å². The van der Waals surface area contributed by atoms with Crippen molar-refractivity contribution in [1.82, 2.24) is 15.5 Å². The van der Waals surface area contributed by atoms with Gasteiger partial charge in [-0.3, -0.25) is 4.79 Å². The number of aliphatic hydroxyl groups is 1. The summed E-state index contributed by atoms with van der Waals surface area (Å²) >= 11 is 0. The van der Waals surface area contributed by atoms with Gasteiger partial charge in [0.15, 0.2) is 0 Å². The highest BCUT2D eigenvalue weighted by molar-refractivity contribution is 5.94. The molecule has 146 valence electrons. The van der Waals surface area contributed by atoms with Gasteiger partial charge in [0.05, 0.1) is 23.4 Å². The molecule has 3 rings (SSSR count). The zero-order valence-corrected chi connectivity index (χ0v) is 15.9. The summed E-state index contributed by atoms with van der Waals surface area (Å²) in [7, 11) is 0. The van der Waals surface area contributed by atoms with Gasteiger partial charge in [0.25, 0.3) is 5.91 Å². The van der Waals surface area contributed by atoms with Gasteiger partial charge in [0.2, 0.25) is 5.88 Å². The number of aromatic nitrogens is 2. The molecule has 0 radical (unpaired) electrons. The lowest BCUT2D eigenvalue weighted by molar-refractivity contribution is 0.0922. The van der Waals surface area contributed by atoms with Crippen molar-refractivity contribution >= 4 is 5.91 Å². The second-order valence-electron chi connectivity index (χ2n) is 7.17. The Morgan fingerprint density at radius 1 is 1.37 bits per heavy atom. The van der Waals surface area contributed by atoms with Crippen molar-refractivity contribution in [3.63, 3.8) is 0 Å². The molecule has 1 aliphatic carbocycles. The maximum Gasteiger partial charge on any atom is 0.253 e. The number of carbonyl (C=O) groups excluding carboxylic acids is 1. The molecule has 27 heavy (non-hydrogen) atoms. The van der Waals surface area contributed by atoms with Crippen LogP contribution in [0.4, 0.5) is 0 Å². The summed E-state index contributed by atoms with van der Waals surface area (Å²) in [5, 5.41) is 16.0. The van der Waals surface area contributed by atoms with Crippen molar-refractivity contribution in [3.8, 4) is 5.88 Å². The Hall–Kier alpha value is -2.41. The first kappa shape index (κ1) is 19.4. The highest BCUT2D eigenvalue weighted by Gasteiger charge is 2.24. The number of pyridine rings is 1. The lowest BCUT2D eigenvalue weighted by Crippen LogP contribution is -2.35. The Kier molecular flexibility index (Phi) is 6.45. The number of aliphatic hydroxyl groups excluding tert-OH is 1. The van der Waals surface area contributed by atoms with Crippen LogP contribution in [0.1, 0.15) is 72.3 Å². The van der Waals surface area contributed by atoms with E-state index in [4.69, 9.17) is 14.4 Å². The van der Waals surface area contributed by atoms with Crippen LogP contribution in [0.15, 0.2) is 22.9 Å². The zero-order chi connectivity index (χ0) is 19.2. The molecule has 0 aromatic carbocycles. The van der Waals surface area contributed by atoms with Crippen molar-refractivity contribution in [3.05, 3.63) is 40.9 Å². The molecule has 0 bridgehead atoms. The molecule has 1 amide bonds. The molecule has 2 N–H and O–H groups in total. The minimum Gasteiger partial charge on any atom is -0.473 e. The van der Waals surface area contributed by atoms with Crippen molar-refractivity contribution < 1.29 is 19.2 Å². The molecule has 0 spiro atoms. The third-order valence-corrected chi connectivity index (χ3v) is 5.02. The molecule has 1 fully saturated rings. The second kappa shape index (κ2) is 8.99. The van der Waals surface area contributed by atoms with E-state index in [1.165, 1.54) is 25.5 Å². The van der Waals surface area contributed by atoms with Crippen LogP contribution in [0.2, 0.25) is 0 Å². The number of ether oxygens (including phenoxy) is 1. The number of amides is 1. The van der Waals surface area contributed by atoms with Crippen molar-refractivity contribution in [2.75, 3.05) is 6.61 Å². The quantitative estimate of drug-likeness (QED) is 0.774. The van der Waals surface area contributed by atoms with Crippen LogP contribution in [-0.2, 0) is 6.61 Å². The normalized spacial score (nSPS) is 16.1. The Morgan fingerprint density at radius 3 is 2.81 bits per heavy atom. The fourth-order valence-corrected chi connectivity index (χ4v) is 3.38. The van der Waals surface area contributed by atoms with E-state index in [1.54, 1.807) is 19.1 Å². The van der Waals surface area contributed by atoms with Gasteiger partial charge in [-0.1, -0.05) is 24.4 Å². The topological polar surface area (TPSA) is 97.5 Å². The van der Waals surface area contributed by atoms with E-state index in [0.717, 1.165) is 29.9 Å². The van der Waals surface area contributed by atoms with Crippen molar-refractivity contribution in [2.24, 2.45) is 0 Å². The summed E-state index contributed by atoms with van der Waals surface area (Å²) in [4.78, 5) is 16.2. The van der Waals surface area contributed by atoms with E-state index < -0.39 is 0 Å². The summed E-state index contributed by atoms with van der Waals surface area (Å²) in [6.45, 7) is 3.87. The summed E-state index contributed by atoms with van der Waals surface area (Å²) in [6.07, 6.45) is 7.52. The number of rotatable bonds is 7. The lowest BCUT2D eigenvalue weighted by atomic mass is 9.85.